The van der Waals surface area contributed by atoms with Crippen molar-refractivity contribution in [3.8, 4) is 0 Å². The molecule has 0 fully saturated rings. The molecule has 0 aliphatic heterocycles. The average molecular weight is 520 g/mol. The topological polar surface area (TPSA) is 113 Å². The predicted octanol–water partition coefficient (Wildman–Crippen LogP) is 2.79. The molecule has 2 aromatic heterocycles. The molecule has 0 unspecified atom stereocenters. The maximum atomic E-state index is 12.3. The van der Waals surface area contributed by atoms with E-state index in [1.165, 1.54) is 11.3 Å². The number of rotatable bonds is 4. The van der Waals surface area contributed by atoms with Crippen molar-refractivity contribution in [2.24, 2.45) is 0 Å². The first kappa shape index (κ1) is 20.0. The molecule has 0 saturated heterocycles. The standard InChI is InChI=1S/C16H16Br2N4O4S/c1-2-26-15(25)14(24)19-7-3-4-9-11(5-7)27-16(21-9)22-13(23)10-6-8(17)12(18)20-10/h6-7,20H,2-5H2,1H3,(H,19,24)(H,21,22,23)/t7-/m1/s1. The lowest BCUT2D eigenvalue weighted by Gasteiger charge is -2.21. The number of hydrogen-bond donors (Lipinski definition) is 3. The zero-order chi connectivity index (χ0) is 19.6. The van der Waals surface area contributed by atoms with Gasteiger partial charge in [-0.3, -0.25) is 14.9 Å². The van der Waals surface area contributed by atoms with Crippen LogP contribution in [0.3, 0.4) is 0 Å². The van der Waals surface area contributed by atoms with E-state index in [0.29, 0.717) is 34.7 Å². The third-order valence-corrected chi connectivity index (χ3v) is 6.74. The van der Waals surface area contributed by atoms with E-state index in [-0.39, 0.29) is 18.6 Å². The molecule has 144 valence electrons. The van der Waals surface area contributed by atoms with Crippen molar-refractivity contribution >= 4 is 66.1 Å². The predicted molar refractivity (Wildman–Crippen MR) is 107 cm³/mol. The number of nitrogens with one attached hydrogen (secondary N) is 3. The van der Waals surface area contributed by atoms with Gasteiger partial charge in [-0.1, -0.05) is 0 Å². The first-order chi connectivity index (χ1) is 12.9. The van der Waals surface area contributed by atoms with Gasteiger partial charge in [-0.25, -0.2) is 9.78 Å². The van der Waals surface area contributed by atoms with Crippen molar-refractivity contribution in [2.45, 2.75) is 32.2 Å². The normalized spacial score (nSPS) is 15.7. The summed E-state index contributed by atoms with van der Waals surface area (Å²) >= 11 is 7.99. The van der Waals surface area contributed by atoms with Gasteiger partial charge in [0.15, 0.2) is 5.13 Å². The molecule has 27 heavy (non-hydrogen) atoms. The number of hydrogen-bond acceptors (Lipinski definition) is 6. The van der Waals surface area contributed by atoms with Crippen LogP contribution < -0.4 is 10.6 Å². The van der Waals surface area contributed by atoms with Crippen LogP contribution in [0.5, 0.6) is 0 Å². The lowest BCUT2D eigenvalue weighted by Crippen LogP contribution is -2.42. The number of halogens is 2. The van der Waals surface area contributed by atoms with Crippen molar-refractivity contribution in [3.05, 3.63) is 31.4 Å². The van der Waals surface area contributed by atoms with Crippen LogP contribution in [-0.2, 0) is 27.2 Å². The molecule has 0 saturated carbocycles. The Balaban J connectivity index is 1.62. The number of nitrogens with zero attached hydrogens (tertiary/aromatic N) is 1. The second-order valence-electron chi connectivity index (χ2n) is 5.82. The Morgan fingerprint density at radius 1 is 1.41 bits per heavy atom. The summed E-state index contributed by atoms with van der Waals surface area (Å²) in [6, 6.07) is 1.52. The SMILES string of the molecule is CCOC(=O)C(=O)N[C@@H]1CCc2nc(NC(=O)c3cc(Br)c(Br)[nH]3)sc2C1. The van der Waals surface area contributed by atoms with Crippen LogP contribution in [0, 0.1) is 0 Å². The molecule has 3 rings (SSSR count). The molecule has 0 spiro atoms. The van der Waals surface area contributed by atoms with Crippen LogP contribution in [-0.4, -0.2) is 40.4 Å². The Kier molecular flexibility index (Phi) is 6.33. The molecule has 2 amide bonds. The summed E-state index contributed by atoms with van der Waals surface area (Å²) in [4.78, 5) is 43.9. The monoisotopic (exact) mass is 518 g/mol. The molecular weight excluding hydrogens is 504 g/mol. The van der Waals surface area contributed by atoms with Crippen LogP contribution >= 0.6 is 43.2 Å². The fraction of sp³-hybridized carbons (Fsp3) is 0.375. The Labute approximate surface area is 175 Å². The molecule has 0 bridgehead atoms. The lowest BCUT2D eigenvalue weighted by molar-refractivity contribution is -0.154. The molecule has 1 atom stereocenters. The van der Waals surface area contributed by atoms with Crippen molar-refractivity contribution in [1.82, 2.24) is 15.3 Å². The molecule has 3 N–H and O–H groups in total. The number of ether oxygens (including phenoxy) is 1. The first-order valence-electron chi connectivity index (χ1n) is 8.19. The molecule has 2 aromatic rings. The Morgan fingerprint density at radius 2 is 2.19 bits per heavy atom. The van der Waals surface area contributed by atoms with Crippen LogP contribution in [0.1, 0.15) is 34.4 Å². The van der Waals surface area contributed by atoms with Crippen molar-refractivity contribution in [3.63, 3.8) is 0 Å². The summed E-state index contributed by atoms with van der Waals surface area (Å²) < 4.78 is 6.14. The van der Waals surface area contributed by atoms with Crippen LogP contribution in [0.15, 0.2) is 15.1 Å². The van der Waals surface area contributed by atoms with Crippen LogP contribution in [0.4, 0.5) is 5.13 Å². The molecule has 1 aliphatic rings. The van der Waals surface area contributed by atoms with E-state index in [1.54, 1.807) is 13.0 Å². The smallest absolute Gasteiger partial charge is 0.396 e. The van der Waals surface area contributed by atoms with Gasteiger partial charge in [0.25, 0.3) is 5.91 Å². The number of esters is 1. The summed E-state index contributed by atoms with van der Waals surface area (Å²) in [5.74, 6) is -1.89. The summed E-state index contributed by atoms with van der Waals surface area (Å²) in [5.41, 5.74) is 1.31. The Hall–Kier alpha value is -1.72. The first-order valence-corrected chi connectivity index (χ1v) is 10.6. The molecule has 0 aromatic carbocycles. The maximum Gasteiger partial charge on any atom is 0.396 e. The number of aromatic amines is 1. The molecular formula is C16H16Br2N4O4S. The van der Waals surface area contributed by atoms with Gasteiger partial charge < -0.3 is 15.0 Å². The number of fused-ring (bicyclic) bond motifs is 1. The number of aryl methyl sites for hydroxylation is 1. The summed E-state index contributed by atoms with van der Waals surface area (Å²) in [6.07, 6.45) is 1.90. The highest BCUT2D eigenvalue weighted by Gasteiger charge is 2.26. The zero-order valence-electron chi connectivity index (χ0n) is 14.2. The van der Waals surface area contributed by atoms with E-state index in [1.807, 2.05) is 0 Å². The molecule has 1 aliphatic carbocycles. The third-order valence-electron chi connectivity index (χ3n) is 3.93. The number of H-pyrrole nitrogens is 1. The second-order valence-corrected chi connectivity index (χ2v) is 8.55. The van der Waals surface area contributed by atoms with Gasteiger partial charge in [0.05, 0.1) is 21.4 Å². The number of thiazole rings is 1. The van der Waals surface area contributed by atoms with Crippen molar-refractivity contribution in [1.29, 1.82) is 0 Å². The quantitative estimate of drug-likeness (QED) is 0.424. The molecule has 11 heteroatoms. The summed E-state index contributed by atoms with van der Waals surface area (Å²) in [5, 5.41) is 5.98. The molecule has 8 nitrogen and oxygen atoms in total. The average Bonchev–Trinajstić information content (AvgIpc) is 3.17. The van der Waals surface area contributed by atoms with Gasteiger partial charge in [0.1, 0.15) is 5.69 Å². The fourth-order valence-corrected chi connectivity index (χ4v) is 4.42. The minimum atomic E-state index is -0.871. The zero-order valence-corrected chi connectivity index (χ0v) is 18.2. The molecule has 0 radical (unpaired) electrons. The highest BCUT2D eigenvalue weighted by molar-refractivity contribution is 9.13. The van der Waals surface area contributed by atoms with Crippen LogP contribution in [0.2, 0.25) is 0 Å². The number of aromatic nitrogens is 2. The van der Waals surface area contributed by atoms with Gasteiger partial charge in [-0.2, -0.15) is 0 Å². The van der Waals surface area contributed by atoms with Gasteiger partial charge in [0.2, 0.25) is 0 Å². The van der Waals surface area contributed by atoms with E-state index in [0.717, 1.165) is 15.0 Å². The van der Waals surface area contributed by atoms with Crippen molar-refractivity contribution < 1.29 is 19.1 Å². The number of amides is 2. The summed E-state index contributed by atoms with van der Waals surface area (Å²) in [7, 11) is 0. The Morgan fingerprint density at radius 3 is 2.85 bits per heavy atom. The number of carbonyl (C=O) groups excluding carboxylic acids is 3. The minimum absolute atomic E-state index is 0.159. The van der Waals surface area contributed by atoms with E-state index < -0.39 is 11.9 Å². The number of anilines is 1. The van der Waals surface area contributed by atoms with E-state index in [2.05, 4.69) is 52.5 Å². The van der Waals surface area contributed by atoms with Gasteiger partial charge in [0, 0.05) is 17.3 Å². The molecule has 2 heterocycles. The van der Waals surface area contributed by atoms with Gasteiger partial charge >= 0.3 is 11.9 Å². The summed E-state index contributed by atoms with van der Waals surface area (Å²) in [6.45, 7) is 1.81. The second kappa shape index (κ2) is 8.53. The highest BCUT2D eigenvalue weighted by atomic mass is 79.9. The lowest BCUT2D eigenvalue weighted by atomic mass is 9.98. The van der Waals surface area contributed by atoms with Crippen LogP contribution in [0.25, 0.3) is 0 Å². The maximum absolute atomic E-state index is 12.3. The highest BCUT2D eigenvalue weighted by Crippen LogP contribution is 2.30. The van der Waals surface area contributed by atoms with Crippen molar-refractivity contribution in [2.75, 3.05) is 11.9 Å². The number of carbonyl (C=O) groups is 3. The Bertz CT molecular complexity index is 876. The fourth-order valence-electron chi connectivity index (χ4n) is 2.68. The van der Waals surface area contributed by atoms with Gasteiger partial charge in [-0.05, 0) is 57.7 Å². The third kappa shape index (κ3) is 4.77. The van der Waals surface area contributed by atoms with E-state index in [4.69, 9.17) is 4.74 Å². The van der Waals surface area contributed by atoms with Gasteiger partial charge in [-0.15, -0.1) is 11.3 Å². The minimum Gasteiger partial charge on any atom is -0.459 e. The van der Waals surface area contributed by atoms with E-state index in [9.17, 15) is 14.4 Å². The van der Waals surface area contributed by atoms with E-state index >= 15 is 0 Å². The largest absolute Gasteiger partial charge is 0.459 e.